The van der Waals surface area contributed by atoms with Gasteiger partial charge in [-0.15, -0.1) is 0 Å². The monoisotopic (exact) mass is 308 g/mol. The van der Waals surface area contributed by atoms with E-state index in [-0.39, 0.29) is 5.82 Å². The second-order valence-electron chi connectivity index (χ2n) is 4.83. The van der Waals surface area contributed by atoms with Gasteiger partial charge < -0.3 is 10.1 Å². The first-order valence-corrected chi connectivity index (χ1v) is 7.27. The molecule has 0 unspecified atom stereocenters. The zero-order chi connectivity index (χ0) is 15.2. The molecule has 2 aromatic rings. The van der Waals surface area contributed by atoms with Gasteiger partial charge in [0.1, 0.15) is 11.6 Å². The summed E-state index contributed by atoms with van der Waals surface area (Å²) in [4.78, 5) is 4.02. The highest BCUT2D eigenvalue weighted by molar-refractivity contribution is 6.32. The highest BCUT2D eigenvalue weighted by Gasteiger charge is 2.10. The molecule has 0 atom stereocenters. The van der Waals surface area contributed by atoms with Gasteiger partial charge in [-0.05, 0) is 43.7 Å². The minimum absolute atomic E-state index is 0.366. The smallest absolute Gasteiger partial charge is 0.223 e. The molecule has 0 aliphatic rings. The van der Waals surface area contributed by atoms with Crippen LogP contribution in [0.2, 0.25) is 5.02 Å². The topological polar surface area (TPSA) is 34.2 Å². The lowest BCUT2D eigenvalue weighted by Gasteiger charge is -2.12. The Morgan fingerprint density at radius 2 is 2.14 bits per heavy atom. The van der Waals surface area contributed by atoms with Crippen molar-refractivity contribution in [3.8, 4) is 11.6 Å². The van der Waals surface area contributed by atoms with Crippen LogP contribution in [0.5, 0.6) is 11.6 Å². The number of rotatable bonds is 6. The van der Waals surface area contributed by atoms with Crippen molar-refractivity contribution in [3.63, 3.8) is 0 Å². The zero-order valence-corrected chi connectivity index (χ0v) is 12.9. The molecule has 0 bridgehead atoms. The Bertz CT molecular complexity index is 619. The zero-order valence-electron chi connectivity index (χ0n) is 12.1. The summed E-state index contributed by atoms with van der Waals surface area (Å²) in [6.45, 7) is 5.37. The Balaban J connectivity index is 2.22. The summed E-state index contributed by atoms with van der Waals surface area (Å²) in [5.41, 5.74) is 1.71. The van der Waals surface area contributed by atoms with E-state index in [0.29, 0.717) is 28.8 Å². The first-order chi connectivity index (χ1) is 10.1. The fraction of sp³-hybridized carbons (Fsp3) is 0.312. The van der Waals surface area contributed by atoms with Crippen molar-refractivity contribution in [1.82, 2.24) is 10.3 Å². The Labute approximate surface area is 129 Å². The Morgan fingerprint density at radius 1 is 1.33 bits per heavy atom. The quantitative estimate of drug-likeness (QED) is 0.799. The highest BCUT2D eigenvalue weighted by atomic mass is 35.5. The van der Waals surface area contributed by atoms with E-state index in [0.717, 1.165) is 24.7 Å². The van der Waals surface area contributed by atoms with E-state index in [1.54, 1.807) is 6.07 Å². The molecular formula is C16H18ClFN2O. The molecule has 112 valence electrons. The van der Waals surface area contributed by atoms with Crippen LogP contribution in [-0.2, 0) is 6.54 Å². The molecule has 0 radical (unpaired) electrons. The highest BCUT2D eigenvalue weighted by Crippen LogP contribution is 2.30. The average molecular weight is 309 g/mol. The average Bonchev–Trinajstić information content (AvgIpc) is 2.44. The SMILES string of the molecule is CCCNCc1cc(F)cnc1Oc1ccc(C)cc1Cl. The molecule has 1 N–H and O–H groups in total. The number of nitrogens with one attached hydrogen (secondary N) is 1. The molecule has 0 fully saturated rings. The van der Waals surface area contributed by atoms with Gasteiger partial charge in [0.15, 0.2) is 0 Å². The number of hydrogen-bond donors (Lipinski definition) is 1. The van der Waals surface area contributed by atoms with E-state index in [4.69, 9.17) is 16.3 Å². The van der Waals surface area contributed by atoms with E-state index in [2.05, 4.69) is 17.2 Å². The van der Waals surface area contributed by atoms with Crippen LogP contribution in [0.25, 0.3) is 0 Å². The van der Waals surface area contributed by atoms with E-state index >= 15 is 0 Å². The van der Waals surface area contributed by atoms with E-state index in [1.807, 2.05) is 19.1 Å². The van der Waals surface area contributed by atoms with Gasteiger partial charge in [-0.3, -0.25) is 0 Å². The molecule has 1 aromatic heterocycles. The molecule has 0 amide bonds. The number of benzene rings is 1. The minimum atomic E-state index is -0.384. The molecule has 0 saturated heterocycles. The fourth-order valence-corrected chi connectivity index (χ4v) is 2.15. The van der Waals surface area contributed by atoms with Gasteiger partial charge in [-0.25, -0.2) is 9.37 Å². The van der Waals surface area contributed by atoms with Crippen LogP contribution >= 0.6 is 11.6 Å². The fourth-order valence-electron chi connectivity index (χ4n) is 1.88. The summed E-state index contributed by atoms with van der Waals surface area (Å²) in [5.74, 6) is 0.495. The van der Waals surface area contributed by atoms with Crippen LogP contribution in [0.3, 0.4) is 0 Å². The van der Waals surface area contributed by atoms with Crippen LogP contribution < -0.4 is 10.1 Å². The van der Waals surface area contributed by atoms with Gasteiger partial charge in [0.2, 0.25) is 5.88 Å². The van der Waals surface area contributed by atoms with Crippen molar-refractivity contribution < 1.29 is 9.13 Å². The van der Waals surface area contributed by atoms with Crippen molar-refractivity contribution >= 4 is 11.6 Å². The number of pyridine rings is 1. The van der Waals surface area contributed by atoms with Crippen LogP contribution in [-0.4, -0.2) is 11.5 Å². The molecular weight excluding hydrogens is 291 g/mol. The van der Waals surface area contributed by atoms with E-state index in [1.165, 1.54) is 6.07 Å². The molecule has 0 spiro atoms. The summed E-state index contributed by atoms with van der Waals surface area (Å²) < 4.78 is 19.1. The van der Waals surface area contributed by atoms with Crippen molar-refractivity contribution in [2.75, 3.05) is 6.54 Å². The van der Waals surface area contributed by atoms with Gasteiger partial charge in [0.25, 0.3) is 0 Å². The summed E-state index contributed by atoms with van der Waals surface area (Å²) in [5, 5.41) is 3.72. The summed E-state index contributed by atoms with van der Waals surface area (Å²) in [7, 11) is 0. The van der Waals surface area contributed by atoms with E-state index < -0.39 is 0 Å². The van der Waals surface area contributed by atoms with Crippen molar-refractivity contribution in [1.29, 1.82) is 0 Å². The van der Waals surface area contributed by atoms with Gasteiger partial charge in [0, 0.05) is 12.1 Å². The first-order valence-electron chi connectivity index (χ1n) is 6.89. The first kappa shape index (κ1) is 15.7. The van der Waals surface area contributed by atoms with Crippen LogP contribution in [0, 0.1) is 12.7 Å². The number of hydrogen-bond acceptors (Lipinski definition) is 3. The molecule has 0 aliphatic carbocycles. The van der Waals surface area contributed by atoms with Crippen molar-refractivity contribution in [3.05, 3.63) is 52.4 Å². The predicted molar refractivity (Wildman–Crippen MR) is 82.5 cm³/mol. The standard InChI is InChI=1S/C16H18ClFN2O/c1-3-6-19-9-12-8-13(18)10-20-16(12)21-15-5-4-11(2)7-14(15)17/h4-5,7-8,10,19H,3,6,9H2,1-2H3. The van der Waals surface area contributed by atoms with Crippen LogP contribution in [0.4, 0.5) is 4.39 Å². The third kappa shape index (κ3) is 4.41. The van der Waals surface area contributed by atoms with E-state index in [9.17, 15) is 4.39 Å². The lowest BCUT2D eigenvalue weighted by Crippen LogP contribution is -2.15. The second-order valence-corrected chi connectivity index (χ2v) is 5.24. The van der Waals surface area contributed by atoms with Crippen molar-refractivity contribution in [2.45, 2.75) is 26.8 Å². The minimum Gasteiger partial charge on any atom is -0.437 e. The number of aryl methyl sites for hydroxylation is 1. The summed E-state index contributed by atoms with van der Waals surface area (Å²) in [6.07, 6.45) is 2.14. The van der Waals surface area contributed by atoms with Gasteiger partial charge in [-0.1, -0.05) is 24.6 Å². The molecule has 5 heteroatoms. The molecule has 0 aliphatic heterocycles. The lowest BCUT2D eigenvalue weighted by atomic mass is 10.2. The van der Waals surface area contributed by atoms with Crippen molar-refractivity contribution in [2.24, 2.45) is 0 Å². The summed E-state index contributed by atoms with van der Waals surface area (Å²) >= 11 is 6.15. The Hall–Kier alpha value is -1.65. The van der Waals surface area contributed by atoms with Crippen LogP contribution in [0.1, 0.15) is 24.5 Å². The van der Waals surface area contributed by atoms with Gasteiger partial charge >= 0.3 is 0 Å². The Morgan fingerprint density at radius 3 is 2.86 bits per heavy atom. The molecule has 1 aromatic carbocycles. The molecule has 2 rings (SSSR count). The molecule has 1 heterocycles. The van der Waals surface area contributed by atoms with Gasteiger partial charge in [-0.2, -0.15) is 0 Å². The summed E-state index contributed by atoms with van der Waals surface area (Å²) in [6, 6.07) is 6.92. The van der Waals surface area contributed by atoms with Crippen LogP contribution in [0.15, 0.2) is 30.5 Å². The largest absolute Gasteiger partial charge is 0.437 e. The normalized spacial score (nSPS) is 10.7. The number of ether oxygens (including phenoxy) is 1. The molecule has 3 nitrogen and oxygen atoms in total. The predicted octanol–water partition coefficient (Wildman–Crippen LogP) is 4.47. The number of nitrogens with zero attached hydrogens (tertiary/aromatic N) is 1. The number of aromatic nitrogens is 1. The Kier molecular flexibility index (Phi) is 5.53. The second kappa shape index (κ2) is 7.38. The number of halogens is 2. The maximum atomic E-state index is 13.4. The third-order valence-electron chi connectivity index (χ3n) is 2.93. The van der Waals surface area contributed by atoms with Gasteiger partial charge in [0.05, 0.1) is 11.2 Å². The maximum Gasteiger partial charge on any atom is 0.223 e. The molecule has 0 saturated carbocycles. The maximum absolute atomic E-state index is 13.4. The molecule has 21 heavy (non-hydrogen) atoms. The lowest BCUT2D eigenvalue weighted by molar-refractivity contribution is 0.448. The third-order valence-corrected chi connectivity index (χ3v) is 3.22.